The Morgan fingerprint density at radius 3 is 2.75 bits per heavy atom. The Hall–Kier alpha value is -0.300. The van der Waals surface area contributed by atoms with Crippen LogP contribution in [-0.2, 0) is 0 Å². The lowest BCUT2D eigenvalue weighted by atomic mass is 10.2. The molecule has 3 N–H and O–H groups in total. The van der Waals surface area contributed by atoms with Gasteiger partial charge in [-0.2, -0.15) is 8.78 Å². The molecule has 0 saturated carbocycles. The molecule has 1 atom stereocenters. The number of nitrogens with one attached hydrogen (secondary N) is 1. The molecular weight excluding hydrogens is 208 g/mol. The first-order chi connectivity index (χ1) is 5.55. The molecule has 0 aliphatic carbocycles. The van der Waals surface area contributed by atoms with Gasteiger partial charge in [0.25, 0.3) is 0 Å². The van der Waals surface area contributed by atoms with Gasteiger partial charge in [0, 0.05) is 5.38 Å². The van der Waals surface area contributed by atoms with Gasteiger partial charge in [-0.15, -0.1) is 11.3 Å². The fraction of sp³-hybridized carbons (Fsp3) is 0.400. The highest BCUT2D eigenvalue weighted by atomic mass is 35.5. The van der Waals surface area contributed by atoms with Crippen LogP contribution in [0, 0.1) is 0 Å². The summed E-state index contributed by atoms with van der Waals surface area (Å²) in [5.74, 6) is 4.90. The zero-order valence-corrected chi connectivity index (χ0v) is 7.37. The number of thiazole rings is 1. The van der Waals surface area contributed by atoms with E-state index in [2.05, 4.69) is 4.98 Å². The van der Waals surface area contributed by atoms with Gasteiger partial charge in [-0.1, -0.05) is 0 Å². The van der Waals surface area contributed by atoms with Crippen LogP contribution < -0.4 is 11.3 Å². The normalized spacial score (nSPS) is 14.7. The quantitative estimate of drug-likeness (QED) is 0.454. The lowest BCUT2D eigenvalue weighted by molar-refractivity contribution is 0.0483. The maximum atomic E-state index is 12.5. The van der Waals surface area contributed by atoms with Crippen LogP contribution in [-0.4, -0.2) is 10.4 Å². The monoisotopic (exact) mass is 213 g/mol. The number of halogens is 3. The predicted molar refractivity (Wildman–Crippen MR) is 43.0 cm³/mol. The van der Waals surface area contributed by atoms with Gasteiger partial charge in [0.15, 0.2) is 0 Å². The van der Waals surface area contributed by atoms with E-state index < -0.39 is 11.4 Å². The van der Waals surface area contributed by atoms with Crippen LogP contribution in [0.2, 0.25) is 0 Å². The van der Waals surface area contributed by atoms with E-state index in [1.807, 2.05) is 5.43 Å². The Kier molecular flexibility index (Phi) is 2.94. The summed E-state index contributed by atoms with van der Waals surface area (Å²) in [7, 11) is 0. The fourth-order valence-electron chi connectivity index (χ4n) is 0.712. The molecule has 0 aliphatic rings. The number of nitrogens with zero attached hydrogens (tertiary/aromatic N) is 1. The zero-order valence-electron chi connectivity index (χ0n) is 5.80. The molecule has 1 aromatic heterocycles. The van der Waals surface area contributed by atoms with Crippen molar-refractivity contribution in [3.8, 4) is 0 Å². The maximum Gasteiger partial charge on any atom is 0.343 e. The van der Waals surface area contributed by atoms with Crippen LogP contribution in [0.15, 0.2) is 10.9 Å². The summed E-state index contributed by atoms with van der Waals surface area (Å²) in [6, 6.07) is -1.44. The van der Waals surface area contributed by atoms with Gasteiger partial charge < -0.3 is 0 Å². The molecule has 1 unspecified atom stereocenters. The molecule has 0 spiro atoms. The second-order valence-electron chi connectivity index (χ2n) is 2.05. The van der Waals surface area contributed by atoms with E-state index in [-0.39, 0.29) is 5.69 Å². The van der Waals surface area contributed by atoms with E-state index in [0.717, 1.165) is 0 Å². The minimum absolute atomic E-state index is 0.141. The van der Waals surface area contributed by atoms with Gasteiger partial charge in [0.05, 0.1) is 11.2 Å². The van der Waals surface area contributed by atoms with E-state index in [1.54, 1.807) is 0 Å². The van der Waals surface area contributed by atoms with E-state index in [4.69, 9.17) is 17.4 Å². The van der Waals surface area contributed by atoms with Crippen molar-refractivity contribution in [2.75, 3.05) is 0 Å². The molecule has 1 rings (SSSR count). The van der Waals surface area contributed by atoms with E-state index in [0.29, 0.717) is 0 Å². The lowest BCUT2D eigenvalue weighted by Crippen LogP contribution is -2.38. The highest BCUT2D eigenvalue weighted by Gasteiger charge is 2.38. The molecule has 0 amide bonds. The average Bonchev–Trinajstić information content (AvgIpc) is 2.38. The summed E-state index contributed by atoms with van der Waals surface area (Å²) in [6.07, 6.45) is 0. The molecule has 0 saturated heterocycles. The largest absolute Gasteiger partial charge is 0.343 e. The van der Waals surface area contributed by atoms with Crippen LogP contribution in [0.25, 0.3) is 0 Å². The number of nitrogens with two attached hydrogens (primary N) is 1. The smallest absolute Gasteiger partial charge is 0.271 e. The van der Waals surface area contributed by atoms with Crippen LogP contribution >= 0.6 is 22.9 Å². The summed E-state index contributed by atoms with van der Waals surface area (Å²) in [5.41, 5.74) is 3.48. The van der Waals surface area contributed by atoms with Gasteiger partial charge in [-0.05, 0) is 11.6 Å². The minimum atomic E-state index is -3.43. The predicted octanol–water partition coefficient (Wildman–Crippen LogP) is 1.48. The van der Waals surface area contributed by atoms with Gasteiger partial charge in [0.1, 0.15) is 6.04 Å². The summed E-state index contributed by atoms with van der Waals surface area (Å²) in [6.45, 7) is 0. The molecular formula is C5H6ClF2N3S. The first kappa shape index (κ1) is 9.79. The fourth-order valence-corrected chi connectivity index (χ4v) is 1.47. The standard InChI is InChI=1S/C5H6ClF2N3S/c6-5(7,8)4(11-9)3-1-12-2-10-3/h1-2,4,11H,9H2. The SMILES string of the molecule is NNC(c1cscn1)C(F)(F)Cl. The number of hydrazine groups is 1. The Morgan fingerprint density at radius 1 is 1.75 bits per heavy atom. The molecule has 0 fully saturated rings. The molecule has 7 heteroatoms. The molecule has 0 radical (unpaired) electrons. The van der Waals surface area contributed by atoms with Gasteiger partial charge in [0.2, 0.25) is 0 Å². The molecule has 0 aromatic carbocycles. The third-order valence-corrected chi connectivity index (χ3v) is 2.06. The number of hydrogen-bond donors (Lipinski definition) is 2. The second-order valence-corrected chi connectivity index (χ2v) is 3.28. The average molecular weight is 214 g/mol. The van der Waals surface area contributed by atoms with Crippen LogP contribution in [0.3, 0.4) is 0 Å². The highest BCUT2D eigenvalue weighted by Crippen LogP contribution is 2.33. The Balaban J connectivity index is 2.84. The van der Waals surface area contributed by atoms with Gasteiger partial charge >= 0.3 is 5.38 Å². The second kappa shape index (κ2) is 3.61. The van der Waals surface area contributed by atoms with E-state index in [9.17, 15) is 8.78 Å². The molecule has 12 heavy (non-hydrogen) atoms. The number of aromatic nitrogens is 1. The molecule has 0 bridgehead atoms. The third-order valence-electron chi connectivity index (χ3n) is 1.24. The molecule has 68 valence electrons. The van der Waals surface area contributed by atoms with Crippen LogP contribution in [0.1, 0.15) is 11.7 Å². The number of rotatable bonds is 3. The third kappa shape index (κ3) is 2.10. The van der Waals surface area contributed by atoms with Crippen molar-refractivity contribution in [3.63, 3.8) is 0 Å². The highest BCUT2D eigenvalue weighted by molar-refractivity contribution is 7.07. The number of hydrogen-bond acceptors (Lipinski definition) is 4. The van der Waals surface area contributed by atoms with Crippen molar-refractivity contribution in [1.29, 1.82) is 0 Å². The van der Waals surface area contributed by atoms with Crippen LogP contribution in [0.4, 0.5) is 8.78 Å². The summed E-state index contributed by atoms with van der Waals surface area (Å²) in [4.78, 5) is 3.67. The van der Waals surface area contributed by atoms with Gasteiger partial charge in [-0.3, -0.25) is 5.84 Å². The molecule has 0 aliphatic heterocycles. The Morgan fingerprint density at radius 2 is 2.42 bits per heavy atom. The van der Waals surface area contributed by atoms with Crippen molar-refractivity contribution in [2.24, 2.45) is 5.84 Å². The summed E-state index contributed by atoms with van der Waals surface area (Å²) < 4.78 is 25.1. The lowest BCUT2D eigenvalue weighted by Gasteiger charge is -2.18. The molecule has 1 aromatic rings. The summed E-state index contributed by atoms with van der Waals surface area (Å²) >= 11 is 5.98. The van der Waals surface area contributed by atoms with Crippen molar-refractivity contribution in [3.05, 3.63) is 16.6 Å². The van der Waals surface area contributed by atoms with E-state index >= 15 is 0 Å². The Labute approximate surface area is 76.5 Å². The van der Waals surface area contributed by atoms with Crippen molar-refractivity contribution >= 4 is 22.9 Å². The van der Waals surface area contributed by atoms with E-state index in [1.165, 1.54) is 22.2 Å². The Bertz CT molecular complexity index is 235. The van der Waals surface area contributed by atoms with Crippen LogP contribution in [0.5, 0.6) is 0 Å². The molecule has 3 nitrogen and oxygen atoms in total. The minimum Gasteiger partial charge on any atom is -0.271 e. The zero-order chi connectivity index (χ0) is 9.19. The van der Waals surface area contributed by atoms with Gasteiger partial charge in [-0.25, -0.2) is 10.4 Å². The maximum absolute atomic E-state index is 12.5. The first-order valence-electron chi connectivity index (χ1n) is 2.96. The van der Waals surface area contributed by atoms with Crippen molar-refractivity contribution < 1.29 is 8.78 Å². The molecule has 1 heterocycles. The summed E-state index contributed by atoms with van der Waals surface area (Å²) in [5, 5.41) is -1.97. The topological polar surface area (TPSA) is 50.9 Å². The number of alkyl halides is 3. The van der Waals surface area contributed by atoms with Crippen molar-refractivity contribution in [1.82, 2.24) is 10.4 Å². The first-order valence-corrected chi connectivity index (χ1v) is 4.28. The van der Waals surface area contributed by atoms with Crippen molar-refractivity contribution in [2.45, 2.75) is 11.4 Å².